The maximum Gasteiger partial charge on any atom is 0.495 e. The van der Waals surface area contributed by atoms with Crippen molar-refractivity contribution in [1.82, 2.24) is 0 Å². The Hall–Kier alpha value is -1.10. The molecule has 3 nitrogen and oxygen atoms in total. The number of rotatable bonds is 3. The summed E-state index contributed by atoms with van der Waals surface area (Å²) in [5, 5.41) is 8.90. The van der Waals surface area contributed by atoms with Gasteiger partial charge in [0.1, 0.15) is 0 Å². The summed E-state index contributed by atoms with van der Waals surface area (Å²) in [7, 11) is -0.371. The molecule has 4 heteroatoms. The second-order valence-corrected chi connectivity index (χ2v) is 5.80. The van der Waals surface area contributed by atoms with Crippen LogP contribution in [0, 0.1) is 0 Å². The van der Waals surface area contributed by atoms with Gasteiger partial charge in [0.25, 0.3) is 0 Å². The lowest BCUT2D eigenvalue weighted by atomic mass is 9.76. The largest absolute Gasteiger partial charge is 0.495 e. The summed E-state index contributed by atoms with van der Waals surface area (Å²) in [6.07, 6.45) is 3.60. The molecule has 0 atom stereocenters. The minimum Gasteiger partial charge on any atom is -0.399 e. The predicted octanol–water partition coefficient (Wildman–Crippen LogP) is 1.99. The number of aliphatic hydroxyl groups is 1. The summed E-state index contributed by atoms with van der Waals surface area (Å²) in [6, 6.07) is 7.92. The van der Waals surface area contributed by atoms with E-state index < -0.39 is 0 Å². The van der Waals surface area contributed by atoms with Gasteiger partial charge in [-0.1, -0.05) is 36.4 Å². The van der Waals surface area contributed by atoms with E-state index in [1.807, 2.05) is 58.0 Å². The Morgan fingerprint density at radius 2 is 1.68 bits per heavy atom. The van der Waals surface area contributed by atoms with E-state index in [0.29, 0.717) is 0 Å². The zero-order valence-electron chi connectivity index (χ0n) is 12.0. The Morgan fingerprint density at radius 3 is 2.26 bits per heavy atom. The molecule has 1 heterocycles. The Balaban J connectivity index is 2.32. The summed E-state index contributed by atoms with van der Waals surface area (Å²) in [5.74, 6) is 0. The highest BCUT2D eigenvalue weighted by Gasteiger charge is 2.52. The van der Waals surface area contributed by atoms with Crippen LogP contribution in [0.15, 0.2) is 30.3 Å². The molecule has 1 fully saturated rings. The molecule has 0 amide bonds. The SMILES string of the molecule is CC1(C)OB(c2ccccc2C=CCO)OC1(C)C. The van der Waals surface area contributed by atoms with Gasteiger partial charge in [-0.15, -0.1) is 0 Å². The molecule has 0 radical (unpaired) electrons. The Labute approximate surface area is 115 Å². The van der Waals surface area contributed by atoms with E-state index in [1.54, 1.807) is 6.08 Å². The maximum atomic E-state index is 8.90. The highest BCUT2D eigenvalue weighted by molar-refractivity contribution is 6.63. The predicted molar refractivity (Wildman–Crippen MR) is 78.3 cm³/mol. The van der Waals surface area contributed by atoms with E-state index in [1.165, 1.54) is 0 Å². The van der Waals surface area contributed by atoms with Gasteiger partial charge in [-0.25, -0.2) is 0 Å². The monoisotopic (exact) mass is 260 g/mol. The second kappa shape index (κ2) is 5.12. The smallest absolute Gasteiger partial charge is 0.399 e. The third-order valence-corrected chi connectivity index (χ3v) is 3.91. The first kappa shape index (κ1) is 14.3. The van der Waals surface area contributed by atoms with Crippen molar-refractivity contribution in [2.45, 2.75) is 38.9 Å². The number of hydrogen-bond donors (Lipinski definition) is 1. The maximum absolute atomic E-state index is 8.90. The van der Waals surface area contributed by atoms with Crippen LogP contribution in [-0.4, -0.2) is 30.0 Å². The van der Waals surface area contributed by atoms with Gasteiger partial charge in [-0.05, 0) is 38.7 Å². The van der Waals surface area contributed by atoms with Crippen molar-refractivity contribution in [1.29, 1.82) is 0 Å². The lowest BCUT2D eigenvalue weighted by molar-refractivity contribution is 0.00578. The van der Waals surface area contributed by atoms with E-state index in [9.17, 15) is 0 Å². The zero-order valence-corrected chi connectivity index (χ0v) is 12.0. The van der Waals surface area contributed by atoms with Gasteiger partial charge in [0.15, 0.2) is 0 Å². The van der Waals surface area contributed by atoms with Gasteiger partial charge >= 0.3 is 7.12 Å². The molecule has 1 N–H and O–H groups in total. The van der Waals surface area contributed by atoms with Crippen molar-refractivity contribution in [2.24, 2.45) is 0 Å². The fourth-order valence-electron chi connectivity index (χ4n) is 2.03. The summed E-state index contributed by atoms with van der Waals surface area (Å²) in [4.78, 5) is 0. The summed E-state index contributed by atoms with van der Waals surface area (Å²) in [5.41, 5.74) is 1.32. The number of benzene rings is 1. The van der Waals surface area contributed by atoms with Crippen molar-refractivity contribution in [3.05, 3.63) is 35.9 Å². The molecule has 0 saturated carbocycles. The molecule has 0 aliphatic carbocycles. The summed E-state index contributed by atoms with van der Waals surface area (Å²) in [6.45, 7) is 8.19. The van der Waals surface area contributed by atoms with Gasteiger partial charge in [-0.2, -0.15) is 0 Å². The van der Waals surface area contributed by atoms with E-state index in [4.69, 9.17) is 14.4 Å². The Kier molecular flexibility index (Phi) is 3.86. The molecule has 0 spiro atoms. The van der Waals surface area contributed by atoms with Crippen molar-refractivity contribution >= 4 is 18.7 Å². The van der Waals surface area contributed by atoms with E-state index in [2.05, 4.69) is 0 Å². The third-order valence-electron chi connectivity index (χ3n) is 3.91. The molecule has 19 heavy (non-hydrogen) atoms. The zero-order chi connectivity index (χ0) is 14.1. The molecule has 0 unspecified atom stereocenters. The van der Waals surface area contributed by atoms with Crippen LogP contribution in [0.25, 0.3) is 6.08 Å². The fourth-order valence-corrected chi connectivity index (χ4v) is 2.03. The normalized spacial score (nSPS) is 21.2. The third kappa shape index (κ3) is 2.76. The van der Waals surface area contributed by atoms with Gasteiger partial charge in [0.05, 0.1) is 17.8 Å². The van der Waals surface area contributed by atoms with Crippen LogP contribution >= 0.6 is 0 Å². The molecule has 1 saturated heterocycles. The molecule has 1 aliphatic rings. The highest BCUT2D eigenvalue weighted by atomic mass is 16.7. The van der Waals surface area contributed by atoms with Gasteiger partial charge in [-0.3, -0.25) is 0 Å². The average Bonchev–Trinajstić information content (AvgIpc) is 2.56. The summed E-state index contributed by atoms with van der Waals surface area (Å²) >= 11 is 0. The minimum atomic E-state index is -0.371. The van der Waals surface area contributed by atoms with Crippen LogP contribution in [0.2, 0.25) is 0 Å². The van der Waals surface area contributed by atoms with E-state index in [-0.39, 0.29) is 24.9 Å². The minimum absolute atomic E-state index is 0.0255. The molecular weight excluding hydrogens is 239 g/mol. The second-order valence-electron chi connectivity index (χ2n) is 5.80. The van der Waals surface area contributed by atoms with Crippen molar-refractivity contribution in [3.8, 4) is 0 Å². The molecule has 1 aromatic carbocycles. The molecule has 2 rings (SSSR count). The Bertz CT molecular complexity index is 464. The number of hydrogen-bond acceptors (Lipinski definition) is 3. The average molecular weight is 260 g/mol. The highest BCUT2D eigenvalue weighted by Crippen LogP contribution is 2.36. The topological polar surface area (TPSA) is 38.7 Å². The van der Waals surface area contributed by atoms with Crippen LogP contribution < -0.4 is 5.46 Å². The van der Waals surface area contributed by atoms with Crippen LogP contribution in [-0.2, 0) is 9.31 Å². The quantitative estimate of drug-likeness (QED) is 0.845. The van der Waals surface area contributed by atoms with Gasteiger partial charge in [0, 0.05) is 0 Å². The van der Waals surface area contributed by atoms with Gasteiger partial charge < -0.3 is 14.4 Å². The van der Waals surface area contributed by atoms with Crippen LogP contribution in [0.3, 0.4) is 0 Å². The summed E-state index contributed by atoms with van der Waals surface area (Å²) < 4.78 is 12.1. The first-order chi connectivity index (χ1) is 8.87. The first-order valence-electron chi connectivity index (χ1n) is 6.59. The fraction of sp³-hybridized carbons (Fsp3) is 0.467. The van der Waals surface area contributed by atoms with Gasteiger partial charge in [0.2, 0.25) is 0 Å². The lowest BCUT2D eigenvalue weighted by Crippen LogP contribution is -2.41. The number of aliphatic hydroxyl groups excluding tert-OH is 1. The van der Waals surface area contributed by atoms with Crippen LogP contribution in [0.5, 0.6) is 0 Å². The molecule has 102 valence electrons. The Morgan fingerprint density at radius 1 is 1.11 bits per heavy atom. The van der Waals surface area contributed by atoms with Crippen molar-refractivity contribution in [3.63, 3.8) is 0 Å². The van der Waals surface area contributed by atoms with Crippen LogP contribution in [0.1, 0.15) is 33.3 Å². The van der Waals surface area contributed by atoms with Crippen molar-refractivity contribution < 1.29 is 14.4 Å². The molecule has 0 aromatic heterocycles. The molecule has 1 aliphatic heterocycles. The van der Waals surface area contributed by atoms with Crippen LogP contribution in [0.4, 0.5) is 0 Å². The van der Waals surface area contributed by atoms with E-state index in [0.717, 1.165) is 11.0 Å². The lowest BCUT2D eigenvalue weighted by Gasteiger charge is -2.32. The first-order valence-corrected chi connectivity index (χ1v) is 6.59. The molecule has 0 bridgehead atoms. The standard InChI is InChI=1S/C15H21BO3/c1-14(2)15(3,4)19-16(18-14)13-10-6-5-8-12(13)9-7-11-17/h5-10,17H,11H2,1-4H3. The van der Waals surface area contributed by atoms with Crippen molar-refractivity contribution in [2.75, 3.05) is 6.61 Å². The molecular formula is C15H21BO3. The molecule has 1 aromatic rings. The van der Waals surface area contributed by atoms with E-state index >= 15 is 0 Å².